The molecule has 4 aromatic carbocycles. The van der Waals surface area contributed by atoms with Crippen LogP contribution >= 0.6 is 0 Å². The van der Waals surface area contributed by atoms with Crippen LogP contribution in [0.1, 0.15) is 33.5 Å². The molecule has 0 fully saturated rings. The fraction of sp³-hybridized carbons (Fsp3) is 0.182. The maximum Gasteiger partial charge on any atom is 0.326 e. The number of ketones is 1. The van der Waals surface area contributed by atoms with Gasteiger partial charge in [0, 0.05) is 29.7 Å². The van der Waals surface area contributed by atoms with Crippen molar-refractivity contribution in [3.8, 4) is 5.75 Å². The van der Waals surface area contributed by atoms with Gasteiger partial charge in [0.15, 0.2) is 5.78 Å². The number of benzene rings is 4. The van der Waals surface area contributed by atoms with Crippen LogP contribution in [-0.4, -0.2) is 42.0 Å². The number of anilines is 1. The number of amides is 1. The summed E-state index contributed by atoms with van der Waals surface area (Å²) in [6, 6.07) is 31.9. The molecule has 3 N–H and O–H groups in total. The minimum atomic E-state index is -1.02. The second-order valence-electron chi connectivity index (χ2n) is 9.31. The van der Waals surface area contributed by atoms with Gasteiger partial charge in [-0.2, -0.15) is 0 Å². The third-order valence-corrected chi connectivity index (χ3v) is 6.38. The first-order chi connectivity index (χ1) is 19.5. The molecule has 1 atom stereocenters. The minimum absolute atomic E-state index is 0.0259. The van der Waals surface area contributed by atoms with E-state index < -0.39 is 12.0 Å². The van der Waals surface area contributed by atoms with Crippen molar-refractivity contribution in [1.29, 1.82) is 0 Å². The van der Waals surface area contributed by atoms with Gasteiger partial charge < -0.3 is 20.5 Å². The summed E-state index contributed by atoms with van der Waals surface area (Å²) < 4.78 is 5.72. The van der Waals surface area contributed by atoms with Crippen LogP contribution in [-0.2, 0) is 22.4 Å². The SMILES string of the molecule is O=C(CCc1ccccc1)NCCOc1ccc(CC(Nc2ccccc2C(=O)c2ccccc2)C(=O)O)cc1. The van der Waals surface area contributed by atoms with Gasteiger partial charge in [-0.15, -0.1) is 0 Å². The first-order valence-corrected chi connectivity index (χ1v) is 13.2. The summed E-state index contributed by atoms with van der Waals surface area (Å²) in [4.78, 5) is 37.2. The molecule has 0 aliphatic carbocycles. The Labute approximate surface area is 233 Å². The van der Waals surface area contributed by atoms with Gasteiger partial charge >= 0.3 is 5.97 Å². The van der Waals surface area contributed by atoms with E-state index in [2.05, 4.69) is 10.6 Å². The Kier molecular flexibility index (Phi) is 10.0. The minimum Gasteiger partial charge on any atom is -0.492 e. The third-order valence-electron chi connectivity index (χ3n) is 6.38. The monoisotopic (exact) mass is 536 g/mol. The van der Waals surface area contributed by atoms with Crippen molar-refractivity contribution >= 4 is 23.3 Å². The van der Waals surface area contributed by atoms with E-state index in [4.69, 9.17) is 4.74 Å². The molecule has 0 spiro atoms. The average molecular weight is 537 g/mol. The zero-order chi connectivity index (χ0) is 28.2. The lowest BCUT2D eigenvalue weighted by atomic mass is 10.00. The van der Waals surface area contributed by atoms with Gasteiger partial charge in [-0.25, -0.2) is 4.79 Å². The van der Waals surface area contributed by atoms with Crippen LogP contribution in [0.3, 0.4) is 0 Å². The maximum atomic E-state index is 13.0. The lowest BCUT2D eigenvalue weighted by molar-refractivity contribution is -0.137. The lowest BCUT2D eigenvalue weighted by Gasteiger charge is -2.18. The van der Waals surface area contributed by atoms with E-state index in [-0.39, 0.29) is 18.1 Å². The van der Waals surface area contributed by atoms with Crippen LogP contribution in [0.2, 0.25) is 0 Å². The van der Waals surface area contributed by atoms with Gasteiger partial charge in [0.05, 0.1) is 6.54 Å². The Balaban J connectivity index is 1.27. The molecule has 1 amide bonds. The Morgan fingerprint density at radius 1 is 0.750 bits per heavy atom. The highest BCUT2D eigenvalue weighted by atomic mass is 16.5. The third kappa shape index (κ3) is 8.30. The summed E-state index contributed by atoms with van der Waals surface area (Å²) >= 11 is 0. The molecule has 0 saturated heterocycles. The predicted molar refractivity (Wildman–Crippen MR) is 155 cm³/mol. The number of carbonyl (C=O) groups is 3. The molecule has 204 valence electrons. The topological polar surface area (TPSA) is 105 Å². The Bertz CT molecular complexity index is 1410. The largest absolute Gasteiger partial charge is 0.492 e. The van der Waals surface area contributed by atoms with Crippen molar-refractivity contribution in [2.24, 2.45) is 0 Å². The summed E-state index contributed by atoms with van der Waals surface area (Å²) in [6.07, 6.45) is 1.32. The molecular formula is C33H32N2O5. The molecule has 0 aromatic heterocycles. The molecule has 4 rings (SSSR count). The van der Waals surface area contributed by atoms with Crippen LogP contribution < -0.4 is 15.4 Å². The standard InChI is InChI=1S/C33H32N2O5/c36-31(20-17-24-9-3-1-4-10-24)34-21-22-40-27-18-15-25(16-19-27)23-30(33(38)39)35-29-14-8-7-13-28(29)32(37)26-11-5-2-6-12-26/h1-16,18-19,30,35H,17,20-23H2,(H,34,36)(H,38,39). The number of aryl methyl sites for hydroxylation is 1. The van der Waals surface area contributed by atoms with Crippen molar-refractivity contribution in [1.82, 2.24) is 5.32 Å². The molecule has 0 saturated carbocycles. The van der Waals surface area contributed by atoms with Crippen molar-refractivity contribution in [3.63, 3.8) is 0 Å². The number of aliphatic carboxylic acids is 1. The molecule has 7 nitrogen and oxygen atoms in total. The van der Waals surface area contributed by atoms with Crippen molar-refractivity contribution < 1.29 is 24.2 Å². The summed E-state index contributed by atoms with van der Waals surface area (Å²) in [5.74, 6) is -0.602. The van der Waals surface area contributed by atoms with Gasteiger partial charge in [-0.05, 0) is 41.8 Å². The first-order valence-electron chi connectivity index (χ1n) is 13.2. The maximum absolute atomic E-state index is 13.0. The van der Waals surface area contributed by atoms with E-state index >= 15 is 0 Å². The van der Waals surface area contributed by atoms with E-state index in [0.717, 1.165) is 11.1 Å². The summed E-state index contributed by atoms with van der Waals surface area (Å²) in [6.45, 7) is 0.712. The fourth-order valence-electron chi connectivity index (χ4n) is 4.25. The zero-order valence-electron chi connectivity index (χ0n) is 22.1. The Hall–Kier alpha value is -4.91. The van der Waals surface area contributed by atoms with Gasteiger partial charge in [0.25, 0.3) is 0 Å². The number of hydrogen-bond donors (Lipinski definition) is 3. The van der Waals surface area contributed by atoms with E-state index in [1.165, 1.54) is 0 Å². The summed E-state index contributed by atoms with van der Waals surface area (Å²) in [7, 11) is 0. The lowest BCUT2D eigenvalue weighted by Crippen LogP contribution is -2.32. The van der Waals surface area contributed by atoms with E-state index in [0.29, 0.717) is 48.6 Å². The second-order valence-corrected chi connectivity index (χ2v) is 9.31. The number of para-hydroxylation sites is 1. The van der Waals surface area contributed by atoms with Gasteiger partial charge in [-0.3, -0.25) is 9.59 Å². The molecule has 0 bridgehead atoms. The number of carboxylic acids is 1. The summed E-state index contributed by atoms with van der Waals surface area (Å²) in [5.41, 5.74) is 3.34. The quantitative estimate of drug-likeness (QED) is 0.152. The molecular weight excluding hydrogens is 504 g/mol. The molecule has 0 aliphatic rings. The van der Waals surface area contributed by atoms with E-state index in [9.17, 15) is 19.5 Å². The number of nitrogens with one attached hydrogen (secondary N) is 2. The van der Waals surface area contributed by atoms with Crippen LogP contribution in [0, 0.1) is 0 Å². The van der Waals surface area contributed by atoms with Gasteiger partial charge in [0.2, 0.25) is 5.91 Å². The van der Waals surface area contributed by atoms with Crippen molar-refractivity contribution in [2.45, 2.75) is 25.3 Å². The van der Waals surface area contributed by atoms with Crippen molar-refractivity contribution in [3.05, 3.63) is 131 Å². The Morgan fingerprint density at radius 3 is 2.10 bits per heavy atom. The second kappa shape index (κ2) is 14.3. The van der Waals surface area contributed by atoms with E-state index in [1.54, 1.807) is 60.7 Å². The number of rotatable bonds is 14. The van der Waals surface area contributed by atoms with Gasteiger partial charge in [0.1, 0.15) is 18.4 Å². The Morgan fingerprint density at radius 2 is 1.40 bits per heavy atom. The molecule has 7 heteroatoms. The zero-order valence-corrected chi connectivity index (χ0v) is 22.1. The molecule has 0 heterocycles. The smallest absolute Gasteiger partial charge is 0.326 e. The first kappa shape index (κ1) is 28.1. The molecule has 0 radical (unpaired) electrons. The molecule has 40 heavy (non-hydrogen) atoms. The number of carbonyl (C=O) groups excluding carboxylic acids is 2. The summed E-state index contributed by atoms with van der Waals surface area (Å²) in [5, 5.41) is 15.8. The van der Waals surface area contributed by atoms with E-state index in [1.807, 2.05) is 48.5 Å². The molecule has 1 unspecified atom stereocenters. The van der Waals surface area contributed by atoms with Crippen LogP contribution in [0.4, 0.5) is 5.69 Å². The normalized spacial score (nSPS) is 11.3. The number of carboxylic acid groups (broad SMARTS) is 1. The van der Waals surface area contributed by atoms with Gasteiger partial charge in [-0.1, -0.05) is 84.9 Å². The highest BCUT2D eigenvalue weighted by Gasteiger charge is 2.21. The van der Waals surface area contributed by atoms with Crippen molar-refractivity contribution in [2.75, 3.05) is 18.5 Å². The molecule has 0 aliphatic heterocycles. The fourth-order valence-corrected chi connectivity index (χ4v) is 4.25. The highest BCUT2D eigenvalue weighted by Crippen LogP contribution is 2.22. The van der Waals surface area contributed by atoms with Crippen LogP contribution in [0.25, 0.3) is 0 Å². The number of ether oxygens (including phenoxy) is 1. The average Bonchev–Trinajstić information content (AvgIpc) is 2.99. The highest BCUT2D eigenvalue weighted by molar-refractivity contribution is 6.12. The predicted octanol–water partition coefficient (Wildman–Crippen LogP) is 5.15. The number of hydrogen-bond acceptors (Lipinski definition) is 5. The van der Waals surface area contributed by atoms with Crippen LogP contribution in [0.5, 0.6) is 5.75 Å². The van der Waals surface area contributed by atoms with Crippen LogP contribution in [0.15, 0.2) is 109 Å². The molecule has 4 aromatic rings.